The molecule has 0 saturated heterocycles. The lowest BCUT2D eigenvalue weighted by Gasteiger charge is -2.09. The second kappa shape index (κ2) is 4.52. The van der Waals surface area contributed by atoms with Gasteiger partial charge in [-0.3, -0.25) is 14.6 Å². The molecular weight excluding hydrogens is 265 g/mol. The van der Waals surface area contributed by atoms with Crippen LogP contribution in [0.15, 0.2) is 12.3 Å². The SMILES string of the molecule is CCOC(=O)C1C(=O)Nc2cc(C(F)(F)F)cnc21. The van der Waals surface area contributed by atoms with Gasteiger partial charge in [-0.05, 0) is 13.0 Å². The highest BCUT2D eigenvalue weighted by Crippen LogP contribution is 2.36. The third-order valence-corrected chi connectivity index (χ3v) is 2.56. The van der Waals surface area contributed by atoms with Crippen molar-refractivity contribution in [3.63, 3.8) is 0 Å². The summed E-state index contributed by atoms with van der Waals surface area (Å²) in [5, 5.41) is 2.20. The van der Waals surface area contributed by atoms with E-state index >= 15 is 0 Å². The van der Waals surface area contributed by atoms with E-state index in [-0.39, 0.29) is 18.0 Å². The van der Waals surface area contributed by atoms with Gasteiger partial charge in [0, 0.05) is 6.20 Å². The van der Waals surface area contributed by atoms with Crippen molar-refractivity contribution in [2.45, 2.75) is 19.0 Å². The Balaban J connectivity index is 2.38. The zero-order chi connectivity index (χ0) is 14.2. The average molecular weight is 274 g/mol. The number of alkyl halides is 3. The van der Waals surface area contributed by atoms with E-state index in [0.717, 1.165) is 6.07 Å². The minimum absolute atomic E-state index is 0.0450. The number of anilines is 1. The van der Waals surface area contributed by atoms with Crippen molar-refractivity contribution < 1.29 is 27.5 Å². The summed E-state index contributed by atoms with van der Waals surface area (Å²) < 4.78 is 42.1. The number of nitrogens with zero attached hydrogens (tertiary/aromatic N) is 1. The lowest BCUT2D eigenvalue weighted by Crippen LogP contribution is -2.23. The summed E-state index contributed by atoms with van der Waals surface area (Å²) in [5.41, 5.74) is -1.15. The first kappa shape index (κ1) is 13.3. The van der Waals surface area contributed by atoms with Crippen LogP contribution in [0.4, 0.5) is 18.9 Å². The molecule has 0 aromatic carbocycles. The van der Waals surface area contributed by atoms with Gasteiger partial charge >= 0.3 is 12.1 Å². The van der Waals surface area contributed by atoms with Gasteiger partial charge in [-0.15, -0.1) is 0 Å². The minimum atomic E-state index is -4.56. The molecule has 1 atom stereocenters. The summed E-state index contributed by atoms with van der Waals surface area (Å²) >= 11 is 0. The van der Waals surface area contributed by atoms with E-state index in [1.165, 1.54) is 0 Å². The number of rotatable bonds is 2. The maximum Gasteiger partial charge on any atom is 0.417 e. The van der Waals surface area contributed by atoms with E-state index in [1.54, 1.807) is 6.92 Å². The van der Waals surface area contributed by atoms with Crippen LogP contribution in [0.2, 0.25) is 0 Å². The Morgan fingerprint density at radius 2 is 2.21 bits per heavy atom. The largest absolute Gasteiger partial charge is 0.465 e. The van der Waals surface area contributed by atoms with Crippen LogP contribution < -0.4 is 5.32 Å². The van der Waals surface area contributed by atoms with Gasteiger partial charge in [0.05, 0.1) is 23.6 Å². The summed E-state index contributed by atoms with van der Waals surface area (Å²) in [7, 11) is 0. The highest BCUT2D eigenvalue weighted by Gasteiger charge is 2.41. The highest BCUT2D eigenvalue weighted by atomic mass is 19.4. The number of aromatic nitrogens is 1. The number of nitrogens with one attached hydrogen (secondary N) is 1. The van der Waals surface area contributed by atoms with Gasteiger partial charge in [0.2, 0.25) is 5.91 Å². The second-order valence-corrected chi connectivity index (χ2v) is 3.83. The molecule has 5 nitrogen and oxygen atoms in total. The lowest BCUT2D eigenvalue weighted by molar-refractivity contribution is -0.147. The Labute approximate surface area is 105 Å². The van der Waals surface area contributed by atoms with Gasteiger partial charge in [0.25, 0.3) is 0 Å². The van der Waals surface area contributed by atoms with Crippen LogP contribution in [0.1, 0.15) is 24.1 Å². The smallest absolute Gasteiger partial charge is 0.417 e. The molecule has 2 rings (SSSR count). The van der Waals surface area contributed by atoms with E-state index in [4.69, 9.17) is 0 Å². The number of hydrogen-bond acceptors (Lipinski definition) is 4. The summed E-state index contributed by atoms with van der Waals surface area (Å²) in [4.78, 5) is 26.7. The standard InChI is InChI=1S/C11H9F3N2O3/c1-2-19-10(18)7-8-6(16-9(7)17)3-5(4-15-8)11(12,13)14/h3-4,7H,2H2,1H3,(H,16,17). The molecule has 0 radical (unpaired) electrons. The van der Waals surface area contributed by atoms with E-state index in [1.807, 2.05) is 0 Å². The summed E-state index contributed by atoms with van der Waals surface area (Å²) in [6.07, 6.45) is -3.97. The monoisotopic (exact) mass is 274 g/mol. The minimum Gasteiger partial charge on any atom is -0.465 e. The Hall–Kier alpha value is -2.12. The van der Waals surface area contributed by atoms with Gasteiger partial charge in [0.15, 0.2) is 5.92 Å². The number of amides is 1. The molecule has 1 aliphatic rings. The van der Waals surface area contributed by atoms with Crippen LogP contribution in [-0.2, 0) is 20.5 Å². The van der Waals surface area contributed by atoms with Gasteiger partial charge in [-0.1, -0.05) is 0 Å². The van der Waals surface area contributed by atoms with Crippen LogP contribution in [0, 0.1) is 0 Å². The molecule has 1 N–H and O–H groups in total. The predicted molar refractivity (Wildman–Crippen MR) is 57.2 cm³/mol. The molecule has 102 valence electrons. The summed E-state index contributed by atoms with van der Waals surface area (Å²) in [5.74, 6) is -2.87. The molecular formula is C11H9F3N2O3. The average Bonchev–Trinajstić information content (AvgIpc) is 2.62. The molecule has 0 aliphatic carbocycles. The lowest BCUT2D eigenvalue weighted by atomic mass is 10.1. The van der Waals surface area contributed by atoms with Crippen LogP contribution >= 0.6 is 0 Å². The number of carbonyl (C=O) groups excluding carboxylic acids is 2. The van der Waals surface area contributed by atoms with Crippen LogP contribution in [-0.4, -0.2) is 23.5 Å². The number of halogens is 3. The number of pyridine rings is 1. The Kier molecular flexibility index (Phi) is 3.17. The van der Waals surface area contributed by atoms with Crippen molar-refractivity contribution in [1.82, 2.24) is 4.98 Å². The molecule has 0 bridgehead atoms. The van der Waals surface area contributed by atoms with E-state index in [0.29, 0.717) is 6.20 Å². The Morgan fingerprint density at radius 3 is 2.79 bits per heavy atom. The Morgan fingerprint density at radius 1 is 1.53 bits per heavy atom. The van der Waals surface area contributed by atoms with E-state index < -0.39 is 29.5 Å². The van der Waals surface area contributed by atoms with Gasteiger partial charge in [0.1, 0.15) is 0 Å². The van der Waals surface area contributed by atoms with Crippen LogP contribution in [0.5, 0.6) is 0 Å². The van der Waals surface area contributed by atoms with Crippen molar-refractivity contribution in [2.75, 3.05) is 11.9 Å². The van der Waals surface area contributed by atoms with E-state index in [9.17, 15) is 22.8 Å². The third kappa shape index (κ3) is 2.38. The van der Waals surface area contributed by atoms with Crippen molar-refractivity contribution in [2.24, 2.45) is 0 Å². The van der Waals surface area contributed by atoms with Crippen molar-refractivity contribution in [3.8, 4) is 0 Å². The topological polar surface area (TPSA) is 68.3 Å². The normalized spacial score (nSPS) is 17.9. The van der Waals surface area contributed by atoms with Crippen LogP contribution in [0.3, 0.4) is 0 Å². The first-order valence-corrected chi connectivity index (χ1v) is 5.39. The molecule has 1 aliphatic heterocycles. The first-order valence-electron chi connectivity index (χ1n) is 5.39. The van der Waals surface area contributed by atoms with Crippen molar-refractivity contribution in [3.05, 3.63) is 23.5 Å². The number of fused-ring (bicyclic) bond motifs is 1. The predicted octanol–water partition coefficient (Wildman–Crippen LogP) is 1.70. The highest BCUT2D eigenvalue weighted by molar-refractivity contribution is 6.14. The molecule has 2 heterocycles. The first-order chi connectivity index (χ1) is 8.84. The number of ether oxygens (including phenoxy) is 1. The fourth-order valence-electron chi connectivity index (χ4n) is 1.73. The molecule has 1 amide bonds. The molecule has 0 fully saturated rings. The Bertz CT molecular complexity index is 542. The molecule has 19 heavy (non-hydrogen) atoms. The number of carbonyl (C=O) groups is 2. The zero-order valence-corrected chi connectivity index (χ0v) is 9.75. The molecule has 8 heteroatoms. The van der Waals surface area contributed by atoms with Gasteiger partial charge < -0.3 is 10.1 Å². The van der Waals surface area contributed by atoms with Crippen molar-refractivity contribution >= 4 is 17.6 Å². The summed E-state index contributed by atoms with van der Waals surface area (Å²) in [6, 6.07) is 0.749. The quantitative estimate of drug-likeness (QED) is 0.658. The fourth-order valence-corrected chi connectivity index (χ4v) is 1.73. The maximum atomic E-state index is 12.5. The molecule has 0 spiro atoms. The maximum absolute atomic E-state index is 12.5. The number of hydrogen-bond donors (Lipinski definition) is 1. The molecule has 1 aromatic heterocycles. The van der Waals surface area contributed by atoms with Gasteiger partial charge in [-0.25, -0.2) is 0 Å². The third-order valence-electron chi connectivity index (χ3n) is 2.56. The molecule has 1 unspecified atom stereocenters. The van der Waals surface area contributed by atoms with Crippen molar-refractivity contribution in [1.29, 1.82) is 0 Å². The summed E-state index contributed by atoms with van der Waals surface area (Å²) in [6.45, 7) is 1.63. The van der Waals surface area contributed by atoms with E-state index in [2.05, 4.69) is 15.0 Å². The van der Waals surface area contributed by atoms with Gasteiger partial charge in [-0.2, -0.15) is 13.2 Å². The fraction of sp³-hybridized carbons (Fsp3) is 0.364. The van der Waals surface area contributed by atoms with Crippen LogP contribution in [0.25, 0.3) is 0 Å². The zero-order valence-electron chi connectivity index (χ0n) is 9.75. The second-order valence-electron chi connectivity index (χ2n) is 3.83. The molecule has 0 saturated carbocycles. The number of esters is 1. The molecule has 1 aromatic rings.